The molecule has 2 amide bonds. The Balaban J connectivity index is 1.20. The summed E-state index contributed by atoms with van der Waals surface area (Å²) in [5.41, 5.74) is 2.84. The number of nitrogens with one attached hydrogen (secondary N) is 1. The SMILES string of the molecule is O=C(Cc1ccc(F)cc1)N1CCN(CCCCC2(C(=O)NCC(F)(F)F)c3ccccc3-c3ccccc32)CC1. The van der Waals surface area contributed by atoms with Crippen molar-refractivity contribution in [3.63, 3.8) is 0 Å². The van der Waals surface area contributed by atoms with E-state index >= 15 is 0 Å². The predicted octanol–water partition coefficient (Wildman–Crippen LogP) is 5.33. The number of fused-ring (bicyclic) bond motifs is 3. The molecule has 1 saturated heterocycles. The topological polar surface area (TPSA) is 52.7 Å². The molecule has 3 aromatic rings. The van der Waals surface area contributed by atoms with E-state index in [1.165, 1.54) is 12.1 Å². The van der Waals surface area contributed by atoms with Crippen molar-refractivity contribution < 1.29 is 27.2 Å². The highest BCUT2D eigenvalue weighted by molar-refractivity contribution is 6.00. The van der Waals surface area contributed by atoms with Gasteiger partial charge >= 0.3 is 6.18 Å². The van der Waals surface area contributed by atoms with Crippen LogP contribution < -0.4 is 5.32 Å². The van der Waals surface area contributed by atoms with Crippen LogP contribution in [0.3, 0.4) is 0 Å². The summed E-state index contributed by atoms with van der Waals surface area (Å²) in [5.74, 6) is -0.939. The minimum Gasteiger partial charge on any atom is -0.346 e. The molecule has 1 heterocycles. The van der Waals surface area contributed by atoms with Crippen LogP contribution in [0.2, 0.25) is 0 Å². The molecule has 9 heteroatoms. The lowest BCUT2D eigenvalue weighted by atomic mass is 9.73. The van der Waals surface area contributed by atoms with E-state index < -0.39 is 24.0 Å². The molecule has 1 fully saturated rings. The van der Waals surface area contributed by atoms with Crippen LogP contribution in [-0.2, 0) is 21.4 Å². The zero-order valence-electron chi connectivity index (χ0n) is 22.7. The summed E-state index contributed by atoms with van der Waals surface area (Å²) in [5, 5.41) is 2.18. The first-order valence-electron chi connectivity index (χ1n) is 14.0. The summed E-state index contributed by atoms with van der Waals surface area (Å²) in [4.78, 5) is 30.4. The molecule has 0 atom stereocenters. The number of rotatable bonds is 9. The normalized spacial score (nSPS) is 16.2. The van der Waals surface area contributed by atoms with Gasteiger partial charge in [-0.1, -0.05) is 67.1 Å². The lowest BCUT2D eigenvalue weighted by Gasteiger charge is -2.35. The predicted molar refractivity (Wildman–Crippen MR) is 149 cm³/mol. The number of alkyl halides is 3. The molecule has 0 saturated carbocycles. The second-order valence-corrected chi connectivity index (χ2v) is 10.8. The lowest BCUT2D eigenvalue weighted by Crippen LogP contribution is -2.49. The van der Waals surface area contributed by atoms with Crippen LogP contribution in [0.1, 0.15) is 36.0 Å². The molecule has 5 rings (SSSR count). The average molecular weight is 568 g/mol. The van der Waals surface area contributed by atoms with Gasteiger partial charge < -0.3 is 10.2 Å². The number of hydrogen-bond acceptors (Lipinski definition) is 3. The van der Waals surface area contributed by atoms with Crippen molar-refractivity contribution in [1.29, 1.82) is 0 Å². The van der Waals surface area contributed by atoms with Gasteiger partial charge in [-0.25, -0.2) is 4.39 Å². The number of unbranched alkanes of at least 4 members (excludes halogenated alkanes) is 1. The van der Waals surface area contributed by atoms with Crippen LogP contribution in [-0.4, -0.2) is 67.1 Å². The standard InChI is InChI=1S/C32H33F4N3O2/c33-24-13-11-23(12-14-24)21-29(40)39-19-17-38(18-20-39)16-6-5-15-31(30(41)37-22-32(34,35)36)27-9-3-1-7-25(27)26-8-2-4-10-28(26)31/h1-4,7-14H,5-6,15-22H2,(H,37,41). The Morgan fingerprint density at radius 2 is 1.39 bits per heavy atom. The Morgan fingerprint density at radius 1 is 0.805 bits per heavy atom. The molecule has 3 aromatic carbocycles. The molecule has 0 radical (unpaired) electrons. The fourth-order valence-corrected chi connectivity index (χ4v) is 6.12. The fourth-order valence-electron chi connectivity index (χ4n) is 6.12. The van der Waals surface area contributed by atoms with Crippen molar-refractivity contribution >= 4 is 11.8 Å². The average Bonchev–Trinajstić information content (AvgIpc) is 3.26. The van der Waals surface area contributed by atoms with E-state index in [0.29, 0.717) is 25.9 Å². The second kappa shape index (κ2) is 12.0. The summed E-state index contributed by atoms with van der Waals surface area (Å²) in [6, 6.07) is 20.9. The molecule has 0 unspecified atom stereocenters. The molecule has 1 aliphatic carbocycles. The Kier molecular flexibility index (Phi) is 8.45. The van der Waals surface area contributed by atoms with Crippen LogP contribution in [0.25, 0.3) is 11.1 Å². The molecule has 0 aromatic heterocycles. The van der Waals surface area contributed by atoms with Gasteiger partial charge in [-0.3, -0.25) is 14.5 Å². The molecular weight excluding hydrogens is 534 g/mol. The van der Waals surface area contributed by atoms with Crippen molar-refractivity contribution in [3.8, 4) is 11.1 Å². The zero-order valence-corrected chi connectivity index (χ0v) is 22.7. The zero-order chi connectivity index (χ0) is 29.0. The maximum Gasteiger partial charge on any atom is 0.405 e. The van der Waals surface area contributed by atoms with E-state index in [4.69, 9.17) is 0 Å². The third-order valence-corrected chi connectivity index (χ3v) is 8.17. The quantitative estimate of drug-likeness (QED) is 0.281. The summed E-state index contributed by atoms with van der Waals surface area (Å²) in [7, 11) is 0. The van der Waals surface area contributed by atoms with Crippen molar-refractivity contribution in [1.82, 2.24) is 15.1 Å². The summed E-state index contributed by atoms with van der Waals surface area (Å²) >= 11 is 0. The van der Waals surface area contributed by atoms with Crippen LogP contribution in [0.5, 0.6) is 0 Å². The van der Waals surface area contributed by atoms with Gasteiger partial charge in [-0.05, 0) is 59.3 Å². The van der Waals surface area contributed by atoms with E-state index in [9.17, 15) is 27.2 Å². The van der Waals surface area contributed by atoms with Gasteiger partial charge in [0.15, 0.2) is 0 Å². The molecule has 0 bridgehead atoms. The van der Waals surface area contributed by atoms with Gasteiger partial charge in [0, 0.05) is 26.2 Å². The molecule has 1 aliphatic heterocycles. The number of hydrogen-bond donors (Lipinski definition) is 1. The van der Waals surface area contributed by atoms with Crippen molar-refractivity contribution in [2.45, 2.75) is 37.3 Å². The van der Waals surface area contributed by atoms with Gasteiger partial charge in [0.05, 0.1) is 6.42 Å². The molecule has 5 nitrogen and oxygen atoms in total. The molecule has 2 aliphatic rings. The number of carbonyl (C=O) groups excluding carboxylic acids is 2. The molecular formula is C32H33F4N3O2. The van der Waals surface area contributed by atoms with Gasteiger partial charge in [-0.2, -0.15) is 13.2 Å². The van der Waals surface area contributed by atoms with Gasteiger partial charge in [0.2, 0.25) is 11.8 Å². The number of piperazine rings is 1. The highest BCUT2D eigenvalue weighted by Crippen LogP contribution is 2.51. The first-order chi connectivity index (χ1) is 19.7. The second-order valence-electron chi connectivity index (χ2n) is 10.8. The van der Waals surface area contributed by atoms with Crippen molar-refractivity contribution in [2.24, 2.45) is 0 Å². The molecule has 0 spiro atoms. The summed E-state index contributed by atoms with van der Waals surface area (Å²) < 4.78 is 52.4. The number of carbonyl (C=O) groups is 2. The number of benzene rings is 3. The van der Waals surface area contributed by atoms with E-state index in [1.54, 1.807) is 12.1 Å². The summed E-state index contributed by atoms with van der Waals surface area (Å²) in [6.45, 7) is 2.04. The molecule has 41 heavy (non-hydrogen) atoms. The van der Waals surface area contributed by atoms with Crippen LogP contribution >= 0.6 is 0 Å². The third-order valence-electron chi connectivity index (χ3n) is 8.17. The molecule has 1 N–H and O–H groups in total. The van der Waals surface area contributed by atoms with Gasteiger partial charge in [-0.15, -0.1) is 0 Å². The number of amides is 2. The minimum atomic E-state index is -4.50. The van der Waals surface area contributed by atoms with E-state index in [0.717, 1.165) is 53.9 Å². The van der Waals surface area contributed by atoms with Crippen molar-refractivity contribution in [2.75, 3.05) is 39.3 Å². The summed E-state index contributed by atoms with van der Waals surface area (Å²) in [6.07, 6.45) is -2.46. The Morgan fingerprint density at radius 3 is 1.98 bits per heavy atom. The first kappa shape index (κ1) is 28.8. The Labute approximate surface area is 237 Å². The highest BCUT2D eigenvalue weighted by atomic mass is 19.4. The van der Waals surface area contributed by atoms with Gasteiger partial charge in [0.25, 0.3) is 0 Å². The number of halogens is 4. The Hall–Kier alpha value is -3.72. The van der Waals surface area contributed by atoms with Gasteiger partial charge in [0.1, 0.15) is 17.8 Å². The first-order valence-corrected chi connectivity index (χ1v) is 14.0. The van der Waals surface area contributed by atoms with E-state index in [1.807, 2.05) is 53.4 Å². The van der Waals surface area contributed by atoms with Crippen LogP contribution in [0.15, 0.2) is 72.8 Å². The largest absolute Gasteiger partial charge is 0.405 e. The van der Waals surface area contributed by atoms with Crippen LogP contribution in [0, 0.1) is 5.82 Å². The lowest BCUT2D eigenvalue weighted by molar-refractivity contribution is -0.141. The monoisotopic (exact) mass is 567 g/mol. The third kappa shape index (κ3) is 6.30. The fraction of sp³-hybridized carbons (Fsp3) is 0.375. The molecule has 216 valence electrons. The highest BCUT2D eigenvalue weighted by Gasteiger charge is 2.49. The van der Waals surface area contributed by atoms with E-state index in [-0.39, 0.29) is 18.1 Å². The van der Waals surface area contributed by atoms with Crippen LogP contribution in [0.4, 0.5) is 17.6 Å². The maximum absolute atomic E-state index is 13.6. The maximum atomic E-state index is 13.6. The number of nitrogens with zero attached hydrogens (tertiary/aromatic N) is 2. The smallest absolute Gasteiger partial charge is 0.346 e. The van der Waals surface area contributed by atoms with E-state index in [2.05, 4.69) is 10.2 Å². The van der Waals surface area contributed by atoms with Crippen molar-refractivity contribution in [3.05, 3.63) is 95.3 Å². The Bertz CT molecular complexity index is 1340. The minimum absolute atomic E-state index is 0.0154.